The van der Waals surface area contributed by atoms with Crippen LogP contribution in [0.2, 0.25) is 0 Å². The third-order valence-electron chi connectivity index (χ3n) is 2.75. The summed E-state index contributed by atoms with van der Waals surface area (Å²) >= 11 is 0. The zero-order valence-corrected chi connectivity index (χ0v) is 11.8. The van der Waals surface area contributed by atoms with Crippen LogP contribution in [0.15, 0.2) is 0 Å². The Balaban J connectivity index is 3.53. The average molecular weight is 246 g/mol. The zero-order valence-electron chi connectivity index (χ0n) is 11.8. The molecule has 0 unspecified atom stereocenters. The molecule has 0 aromatic heterocycles. The molecule has 0 heterocycles. The molecule has 0 bridgehead atoms. The van der Waals surface area contributed by atoms with Crippen molar-refractivity contribution in [3.05, 3.63) is 0 Å². The van der Waals surface area contributed by atoms with Gasteiger partial charge in [0.1, 0.15) is 0 Å². The number of methoxy groups -OCH3 is 2. The van der Waals surface area contributed by atoms with E-state index in [4.69, 9.17) is 9.47 Å². The van der Waals surface area contributed by atoms with E-state index in [1.807, 2.05) is 0 Å². The average Bonchev–Trinajstić information content (AvgIpc) is 2.35. The van der Waals surface area contributed by atoms with Gasteiger partial charge in [0.15, 0.2) is 0 Å². The first-order chi connectivity index (χ1) is 8.35. The van der Waals surface area contributed by atoms with Gasteiger partial charge in [-0.25, -0.2) is 0 Å². The Morgan fingerprint density at radius 3 is 2.29 bits per heavy atom. The second-order valence-electron chi connectivity index (χ2n) is 4.28. The first-order valence-electron chi connectivity index (χ1n) is 6.76. The molecule has 0 fully saturated rings. The van der Waals surface area contributed by atoms with E-state index in [1.165, 1.54) is 12.8 Å². The Bertz CT molecular complexity index is 145. The van der Waals surface area contributed by atoms with Crippen LogP contribution in [0.5, 0.6) is 0 Å². The molecule has 4 nitrogen and oxygen atoms in total. The quantitative estimate of drug-likeness (QED) is 0.498. The van der Waals surface area contributed by atoms with Crippen LogP contribution in [-0.2, 0) is 9.47 Å². The Morgan fingerprint density at radius 2 is 1.65 bits per heavy atom. The van der Waals surface area contributed by atoms with Gasteiger partial charge < -0.3 is 14.8 Å². The minimum atomic E-state index is 0.807. The van der Waals surface area contributed by atoms with Crippen molar-refractivity contribution in [1.29, 1.82) is 0 Å². The summed E-state index contributed by atoms with van der Waals surface area (Å²) in [5.74, 6) is 0. The molecule has 0 aromatic carbocycles. The van der Waals surface area contributed by atoms with Crippen LogP contribution in [0.25, 0.3) is 0 Å². The van der Waals surface area contributed by atoms with Gasteiger partial charge in [-0.1, -0.05) is 13.3 Å². The molecule has 0 radical (unpaired) electrons. The highest BCUT2D eigenvalue weighted by Gasteiger charge is 2.03. The standard InChI is InChI=1S/C13H30N2O2/c1-4-5-7-14-8-10-15(11-13-17-3)9-6-12-16-2/h14H,4-13H2,1-3H3. The van der Waals surface area contributed by atoms with E-state index in [0.717, 1.165) is 52.4 Å². The minimum Gasteiger partial charge on any atom is -0.385 e. The van der Waals surface area contributed by atoms with E-state index in [0.29, 0.717) is 0 Å². The normalized spacial score (nSPS) is 11.3. The highest BCUT2D eigenvalue weighted by atomic mass is 16.5. The highest BCUT2D eigenvalue weighted by Crippen LogP contribution is 1.92. The fourth-order valence-corrected chi connectivity index (χ4v) is 1.65. The molecule has 0 saturated carbocycles. The van der Waals surface area contributed by atoms with Gasteiger partial charge in [-0.15, -0.1) is 0 Å². The molecule has 0 aliphatic heterocycles. The SMILES string of the molecule is CCCCNCCN(CCCOC)CCOC. The van der Waals surface area contributed by atoms with Crippen molar-refractivity contribution >= 4 is 0 Å². The molecular weight excluding hydrogens is 216 g/mol. The number of hydrogen-bond acceptors (Lipinski definition) is 4. The van der Waals surface area contributed by atoms with Crippen molar-refractivity contribution < 1.29 is 9.47 Å². The molecule has 17 heavy (non-hydrogen) atoms. The van der Waals surface area contributed by atoms with E-state index < -0.39 is 0 Å². The third-order valence-corrected chi connectivity index (χ3v) is 2.75. The van der Waals surface area contributed by atoms with E-state index in [9.17, 15) is 0 Å². The lowest BCUT2D eigenvalue weighted by Gasteiger charge is -2.22. The first-order valence-corrected chi connectivity index (χ1v) is 6.76. The molecule has 0 rings (SSSR count). The maximum atomic E-state index is 5.13. The van der Waals surface area contributed by atoms with Crippen LogP contribution in [0.4, 0.5) is 0 Å². The van der Waals surface area contributed by atoms with E-state index in [-0.39, 0.29) is 0 Å². The first kappa shape index (κ1) is 16.8. The Kier molecular flexibility index (Phi) is 13.8. The number of rotatable bonds is 13. The number of ether oxygens (including phenoxy) is 2. The predicted molar refractivity (Wildman–Crippen MR) is 72.6 cm³/mol. The molecule has 0 atom stereocenters. The van der Waals surface area contributed by atoms with Crippen LogP contribution in [0.1, 0.15) is 26.2 Å². The van der Waals surface area contributed by atoms with Gasteiger partial charge in [0.05, 0.1) is 6.61 Å². The van der Waals surface area contributed by atoms with E-state index in [1.54, 1.807) is 14.2 Å². The highest BCUT2D eigenvalue weighted by molar-refractivity contribution is 4.60. The van der Waals surface area contributed by atoms with E-state index in [2.05, 4.69) is 17.1 Å². The molecule has 0 aliphatic rings. The van der Waals surface area contributed by atoms with Gasteiger partial charge in [-0.2, -0.15) is 0 Å². The van der Waals surface area contributed by atoms with Crippen molar-refractivity contribution in [2.45, 2.75) is 26.2 Å². The Hall–Kier alpha value is -0.160. The fourth-order valence-electron chi connectivity index (χ4n) is 1.65. The van der Waals surface area contributed by atoms with Gasteiger partial charge in [0.25, 0.3) is 0 Å². The minimum absolute atomic E-state index is 0.807. The van der Waals surface area contributed by atoms with Gasteiger partial charge in [0.2, 0.25) is 0 Å². The van der Waals surface area contributed by atoms with Gasteiger partial charge in [-0.05, 0) is 19.4 Å². The number of nitrogens with zero attached hydrogens (tertiary/aromatic N) is 1. The molecule has 0 amide bonds. The molecule has 0 aliphatic carbocycles. The lowest BCUT2D eigenvalue weighted by atomic mass is 10.3. The smallest absolute Gasteiger partial charge is 0.0589 e. The van der Waals surface area contributed by atoms with Crippen LogP contribution >= 0.6 is 0 Å². The van der Waals surface area contributed by atoms with Crippen molar-refractivity contribution in [3.63, 3.8) is 0 Å². The van der Waals surface area contributed by atoms with Crippen LogP contribution < -0.4 is 5.32 Å². The Labute approximate surface area is 107 Å². The summed E-state index contributed by atoms with van der Waals surface area (Å²) in [5.41, 5.74) is 0. The summed E-state index contributed by atoms with van der Waals surface area (Å²) in [6.07, 6.45) is 3.62. The van der Waals surface area contributed by atoms with Gasteiger partial charge in [0, 0.05) is 47.0 Å². The van der Waals surface area contributed by atoms with Crippen molar-refractivity contribution in [1.82, 2.24) is 10.2 Å². The second-order valence-corrected chi connectivity index (χ2v) is 4.28. The van der Waals surface area contributed by atoms with Crippen LogP contribution in [0.3, 0.4) is 0 Å². The maximum absolute atomic E-state index is 5.13. The van der Waals surface area contributed by atoms with Crippen LogP contribution in [-0.4, -0.2) is 65.1 Å². The molecule has 0 aromatic rings. The van der Waals surface area contributed by atoms with Crippen molar-refractivity contribution in [2.24, 2.45) is 0 Å². The van der Waals surface area contributed by atoms with Crippen molar-refractivity contribution in [2.75, 3.05) is 60.2 Å². The predicted octanol–water partition coefficient (Wildman–Crippen LogP) is 1.36. The summed E-state index contributed by atoms with van der Waals surface area (Å²) in [5, 5.41) is 3.47. The summed E-state index contributed by atoms with van der Waals surface area (Å²) in [6, 6.07) is 0. The topological polar surface area (TPSA) is 33.7 Å². The maximum Gasteiger partial charge on any atom is 0.0589 e. The van der Waals surface area contributed by atoms with Gasteiger partial charge in [-0.3, -0.25) is 4.90 Å². The number of unbranched alkanes of at least 4 members (excludes halogenated alkanes) is 1. The summed E-state index contributed by atoms with van der Waals surface area (Å²) in [7, 11) is 3.51. The molecule has 1 N–H and O–H groups in total. The summed E-state index contributed by atoms with van der Waals surface area (Å²) in [4.78, 5) is 2.43. The molecule has 0 saturated heterocycles. The van der Waals surface area contributed by atoms with Crippen LogP contribution in [0, 0.1) is 0 Å². The third kappa shape index (κ3) is 12.1. The fraction of sp³-hybridized carbons (Fsp3) is 1.00. The lowest BCUT2D eigenvalue weighted by molar-refractivity contribution is 0.133. The molecule has 0 spiro atoms. The Morgan fingerprint density at radius 1 is 0.882 bits per heavy atom. The zero-order chi connectivity index (χ0) is 12.8. The summed E-state index contributed by atoms with van der Waals surface area (Å²) in [6.45, 7) is 9.26. The van der Waals surface area contributed by atoms with Gasteiger partial charge >= 0.3 is 0 Å². The number of hydrogen-bond donors (Lipinski definition) is 1. The largest absolute Gasteiger partial charge is 0.385 e. The molecular formula is C13H30N2O2. The van der Waals surface area contributed by atoms with E-state index >= 15 is 0 Å². The molecule has 104 valence electrons. The summed E-state index contributed by atoms with van der Waals surface area (Å²) < 4.78 is 10.2. The van der Waals surface area contributed by atoms with Crippen molar-refractivity contribution in [3.8, 4) is 0 Å². The second kappa shape index (κ2) is 13.9. The lowest BCUT2D eigenvalue weighted by Crippen LogP contribution is -2.35. The molecule has 4 heteroatoms. The number of nitrogens with one attached hydrogen (secondary N) is 1. The monoisotopic (exact) mass is 246 g/mol.